The summed E-state index contributed by atoms with van der Waals surface area (Å²) in [6.07, 6.45) is 0. The Kier molecular flexibility index (Phi) is 5.05. The number of carbonyl (C=O) groups is 1. The van der Waals surface area contributed by atoms with E-state index in [1.54, 1.807) is 6.07 Å². The number of nitrogens with one attached hydrogen (secondary N) is 2. The quantitative estimate of drug-likeness (QED) is 0.432. The van der Waals surface area contributed by atoms with Crippen LogP contribution in [-0.2, 0) is 11.3 Å². The standard InChI is InChI=1S/C22H22N6O2/c1-12-6-4-5-7-17(12)25-22-27-19(26-21(23)28-22)11-30-20(29)15-8-9-18-16(10-15)13(2)14(3)24-18/h4-10,24H,11H2,1-3H3,(H3,23,25,26,27,28). The SMILES string of the molecule is Cc1ccccc1Nc1nc(N)nc(COC(=O)c2ccc3[nH]c(C)c(C)c3c2)n1. The van der Waals surface area contributed by atoms with E-state index >= 15 is 0 Å². The number of aromatic nitrogens is 4. The number of anilines is 3. The summed E-state index contributed by atoms with van der Waals surface area (Å²) >= 11 is 0. The van der Waals surface area contributed by atoms with Crippen molar-refractivity contribution in [2.75, 3.05) is 11.1 Å². The smallest absolute Gasteiger partial charge is 0.338 e. The number of rotatable bonds is 5. The molecule has 2 aromatic carbocycles. The lowest BCUT2D eigenvalue weighted by Crippen LogP contribution is -2.11. The summed E-state index contributed by atoms with van der Waals surface area (Å²) in [7, 11) is 0. The normalized spacial score (nSPS) is 10.9. The van der Waals surface area contributed by atoms with Gasteiger partial charge in [0.25, 0.3) is 0 Å². The fourth-order valence-corrected chi connectivity index (χ4v) is 3.19. The van der Waals surface area contributed by atoms with Crippen molar-refractivity contribution >= 4 is 34.5 Å². The van der Waals surface area contributed by atoms with Crippen molar-refractivity contribution in [1.82, 2.24) is 19.9 Å². The predicted molar refractivity (Wildman–Crippen MR) is 116 cm³/mol. The second-order valence-corrected chi connectivity index (χ2v) is 7.08. The van der Waals surface area contributed by atoms with Gasteiger partial charge in [-0.25, -0.2) is 4.79 Å². The molecule has 0 bridgehead atoms. The maximum atomic E-state index is 12.5. The van der Waals surface area contributed by atoms with Gasteiger partial charge in [-0.05, 0) is 56.2 Å². The number of benzene rings is 2. The first-order valence-corrected chi connectivity index (χ1v) is 9.50. The van der Waals surface area contributed by atoms with Crippen LogP contribution in [0.5, 0.6) is 0 Å². The summed E-state index contributed by atoms with van der Waals surface area (Å²) in [6.45, 7) is 5.87. The molecule has 8 heteroatoms. The van der Waals surface area contributed by atoms with Crippen LogP contribution in [0.2, 0.25) is 0 Å². The number of aromatic amines is 1. The molecule has 8 nitrogen and oxygen atoms in total. The van der Waals surface area contributed by atoms with Gasteiger partial charge in [-0.1, -0.05) is 18.2 Å². The number of hydrogen-bond acceptors (Lipinski definition) is 7. The second kappa shape index (κ2) is 7.82. The van der Waals surface area contributed by atoms with Gasteiger partial charge >= 0.3 is 5.97 Å². The number of hydrogen-bond donors (Lipinski definition) is 3. The van der Waals surface area contributed by atoms with Crippen LogP contribution < -0.4 is 11.1 Å². The minimum Gasteiger partial charge on any atom is -0.454 e. The number of nitrogens with zero attached hydrogens (tertiary/aromatic N) is 3. The Hall–Kier alpha value is -3.94. The third-order valence-corrected chi connectivity index (χ3v) is 4.97. The minimum atomic E-state index is -0.456. The van der Waals surface area contributed by atoms with Crippen molar-refractivity contribution in [3.8, 4) is 0 Å². The zero-order valence-corrected chi connectivity index (χ0v) is 17.0. The molecule has 2 heterocycles. The van der Waals surface area contributed by atoms with E-state index in [9.17, 15) is 4.79 Å². The molecule has 0 fully saturated rings. The summed E-state index contributed by atoms with van der Waals surface area (Å²) in [5.41, 5.74) is 11.3. The maximum Gasteiger partial charge on any atom is 0.338 e. The maximum absolute atomic E-state index is 12.5. The van der Waals surface area contributed by atoms with Crippen LogP contribution in [-0.4, -0.2) is 25.9 Å². The number of esters is 1. The Bertz CT molecular complexity index is 1250. The molecule has 0 saturated heterocycles. The number of nitrogens with two attached hydrogens (primary N) is 1. The zero-order chi connectivity index (χ0) is 21.3. The van der Waals surface area contributed by atoms with Gasteiger partial charge in [0.15, 0.2) is 12.4 Å². The van der Waals surface area contributed by atoms with Crippen molar-refractivity contribution in [3.05, 3.63) is 70.7 Å². The molecule has 0 atom stereocenters. The van der Waals surface area contributed by atoms with Gasteiger partial charge in [0.05, 0.1) is 5.56 Å². The average molecular weight is 402 g/mol. The van der Waals surface area contributed by atoms with Crippen molar-refractivity contribution in [2.45, 2.75) is 27.4 Å². The number of nitrogen functional groups attached to an aromatic ring is 1. The van der Waals surface area contributed by atoms with Crippen LogP contribution in [0.4, 0.5) is 17.6 Å². The highest BCUT2D eigenvalue weighted by molar-refractivity contribution is 5.96. The fraction of sp³-hybridized carbons (Fsp3) is 0.182. The third kappa shape index (κ3) is 3.93. The topological polar surface area (TPSA) is 119 Å². The largest absolute Gasteiger partial charge is 0.454 e. The van der Waals surface area contributed by atoms with Gasteiger partial charge in [-0.2, -0.15) is 15.0 Å². The van der Waals surface area contributed by atoms with Gasteiger partial charge in [0.1, 0.15) is 0 Å². The van der Waals surface area contributed by atoms with Crippen molar-refractivity contribution in [1.29, 1.82) is 0 Å². The number of H-pyrrole nitrogens is 1. The Morgan fingerprint density at radius 2 is 1.90 bits per heavy atom. The summed E-state index contributed by atoms with van der Waals surface area (Å²) in [6, 6.07) is 13.2. The number of ether oxygens (including phenoxy) is 1. The van der Waals surface area contributed by atoms with Gasteiger partial charge < -0.3 is 20.8 Å². The molecule has 30 heavy (non-hydrogen) atoms. The van der Waals surface area contributed by atoms with Crippen LogP contribution in [0.3, 0.4) is 0 Å². The van der Waals surface area contributed by atoms with E-state index < -0.39 is 5.97 Å². The molecular weight excluding hydrogens is 380 g/mol. The monoisotopic (exact) mass is 402 g/mol. The molecule has 0 aliphatic rings. The molecule has 0 unspecified atom stereocenters. The first-order valence-electron chi connectivity index (χ1n) is 9.50. The molecule has 0 aliphatic carbocycles. The Balaban J connectivity index is 1.49. The van der Waals surface area contributed by atoms with Gasteiger partial charge in [0.2, 0.25) is 11.9 Å². The Morgan fingerprint density at radius 1 is 1.10 bits per heavy atom. The van der Waals surface area contributed by atoms with E-state index in [0.717, 1.165) is 33.4 Å². The molecule has 2 aromatic heterocycles. The Morgan fingerprint density at radius 3 is 2.70 bits per heavy atom. The number of carbonyl (C=O) groups excluding carboxylic acids is 1. The van der Waals surface area contributed by atoms with E-state index in [2.05, 4.69) is 25.3 Å². The molecule has 4 aromatic rings. The van der Waals surface area contributed by atoms with Crippen LogP contribution in [0.1, 0.15) is 33.0 Å². The Labute approximate surface area is 173 Å². The lowest BCUT2D eigenvalue weighted by atomic mass is 10.1. The molecule has 4 rings (SSSR count). The van der Waals surface area contributed by atoms with Crippen LogP contribution in [0.15, 0.2) is 42.5 Å². The first-order chi connectivity index (χ1) is 14.4. The summed E-state index contributed by atoms with van der Waals surface area (Å²) < 4.78 is 5.41. The van der Waals surface area contributed by atoms with Crippen LogP contribution in [0.25, 0.3) is 10.9 Å². The van der Waals surface area contributed by atoms with E-state index in [1.807, 2.05) is 57.2 Å². The highest BCUT2D eigenvalue weighted by Gasteiger charge is 2.13. The summed E-state index contributed by atoms with van der Waals surface area (Å²) in [5, 5.41) is 4.11. The first kappa shape index (κ1) is 19.4. The predicted octanol–water partition coefficient (Wildman–Crippen LogP) is 3.96. The molecule has 0 amide bonds. The highest BCUT2D eigenvalue weighted by Crippen LogP contribution is 2.23. The van der Waals surface area contributed by atoms with Crippen molar-refractivity contribution in [3.63, 3.8) is 0 Å². The molecule has 0 radical (unpaired) electrons. The second-order valence-electron chi connectivity index (χ2n) is 7.08. The molecule has 4 N–H and O–H groups in total. The van der Waals surface area contributed by atoms with Gasteiger partial charge in [0, 0.05) is 22.3 Å². The molecule has 0 aliphatic heterocycles. The molecular formula is C22H22N6O2. The van der Waals surface area contributed by atoms with E-state index in [0.29, 0.717) is 11.5 Å². The lowest BCUT2D eigenvalue weighted by molar-refractivity contribution is 0.0462. The van der Waals surface area contributed by atoms with Crippen LogP contribution in [0, 0.1) is 20.8 Å². The molecule has 0 spiro atoms. The van der Waals surface area contributed by atoms with Crippen molar-refractivity contribution in [2.24, 2.45) is 0 Å². The van der Waals surface area contributed by atoms with E-state index in [1.165, 1.54) is 0 Å². The average Bonchev–Trinajstić information content (AvgIpc) is 3.01. The molecule has 0 saturated carbocycles. The number of fused-ring (bicyclic) bond motifs is 1. The van der Waals surface area contributed by atoms with E-state index in [-0.39, 0.29) is 18.4 Å². The summed E-state index contributed by atoms with van der Waals surface area (Å²) in [4.78, 5) is 28.3. The van der Waals surface area contributed by atoms with Gasteiger partial charge in [-0.3, -0.25) is 0 Å². The fourth-order valence-electron chi connectivity index (χ4n) is 3.19. The number of para-hydroxylation sites is 1. The van der Waals surface area contributed by atoms with Crippen LogP contribution >= 0.6 is 0 Å². The lowest BCUT2D eigenvalue weighted by Gasteiger charge is -2.10. The zero-order valence-electron chi connectivity index (χ0n) is 17.0. The minimum absolute atomic E-state index is 0.0481. The highest BCUT2D eigenvalue weighted by atomic mass is 16.5. The number of aryl methyl sites for hydroxylation is 3. The third-order valence-electron chi connectivity index (χ3n) is 4.97. The van der Waals surface area contributed by atoms with Gasteiger partial charge in [-0.15, -0.1) is 0 Å². The van der Waals surface area contributed by atoms with Crippen molar-refractivity contribution < 1.29 is 9.53 Å². The summed E-state index contributed by atoms with van der Waals surface area (Å²) in [5.74, 6) is 0.152. The van der Waals surface area contributed by atoms with E-state index in [4.69, 9.17) is 10.5 Å². The molecule has 152 valence electrons.